The molecule has 0 bridgehead atoms. The van der Waals surface area contributed by atoms with E-state index in [2.05, 4.69) is 49.7 Å². The predicted molar refractivity (Wildman–Crippen MR) is 92.1 cm³/mol. The number of benzene rings is 1. The number of H-pyrrole nitrogens is 1. The first-order chi connectivity index (χ1) is 11.6. The van der Waals surface area contributed by atoms with Gasteiger partial charge in [0.2, 0.25) is 5.91 Å². The summed E-state index contributed by atoms with van der Waals surface area (Å²) in [6.07, 6.45) is 0.909. The second kappa shape index (κ2) is 7.57. The van der Waals surface area contributed by atoms with Gasteiger partial charge in [0.05, 0.1) is 12.5 Å². The zero-order valence-corrected chi connectivity index (χ0v) is 14.3. The summed E-state index contributed by atoms with van der Waals surface area (Å²) in [4.78, 5) is 19.1. The van der Waals surface area contributed by atoms with E-state index in [0.717, 1.165) is 31.9 Å². The van der Waals surface area contributed by atoms with Crippen molar-refractivity contribution in [3.05, 3.63) is 47.5 Å². The summed E-state index contributed by atoms with van der Waals surface area (Å²) in [5.74, 6) is 1.95. The number of hydrogen-bond donors (Lipinski definition) is 2. The summed E-state index contributed by atoms with van der Waals surface area (Å²) in [7, 11) is 0. The van der Waals surface area contributed by atoms with Crippen molar-refractivity contribution in [1.82, 2.24) is 25.4 Å². The van der Waals surface area contributed by atoms with Gasteiger partial charge in [0.15, 0.2) is 5.82 Å². The maximum Gasteiger partial charge on any atom is 0.224 e. The Morgan fingerprint density at radius 1 is 1.38 bits per heavy atom. The fourth-order valence-electron chi connectivity index (χ4n) is 2.99. The smallest absolute Gasteiger partial charge is 0.224 e. The molecule has 1 atom stereocenters. The van der Waals surface area contributed by atoms with Gasteiger partial charge in [0, 0.05) is 19.0 Å². The van der Waals surface area contributed by atoms with Gasteiger partial charge in [-0.2, -0.15) is 5.10 Å². The number of nitrogens with one attached hydrogen (secondary N) is 2. The Balaban J connectivity index is 1.46. The second-order valence-corrected chi connectivity index (χ2v) is 6.72. The predicted octanol–water partition coefficient (Wildman–Crippen LogP) is 2.07. The number of amides is 1. The number of likely N-dealkylation sites (tertiary alicyclic amines) is 1. The Morgan fingerprint density at radius 2 is 2.17 bits per heavy atom. The van der Waals surface area contributed by atoms with Crippen molar-refractivity contribution in [2.75, 3.05) is 13.1 Å². The van der Waals surface area contributed by atoms with Crippen LogP contribution in [-0.2, 0) is 17.9 Å². The number of rotatable bonds is 6. The van der Waals surface area contributed by atoms with E-state index in [-0.39, 0.29) is 17.7 Å². The first-order valence-electron chi connectivity index (χ1n) is 8.57. The lowest BCUT2D eigenvalue weighted by atomic mass is 10.1. The van der Waals surface area contributed by atoms with Crippen LogP contribution in [-0.4, -0.2) is 39.1 Å². The van der Waals surface area contributed by atoms with E-state index < -0.39 is 0 Å². The van der Waals surface area contributed by atoms with Gasteiger partial charge in [-0.05, 0) is 18.5 Å². The average molecular weight is 327 g/mol. The molecule has 0 radical (unpaired) electrons. The molecule has 1 saturated heterocycles. The number of carbonyl (C=O) groups excluding carboxylic acids is 1. The Labute approximate surface area is 142 Å². The van der Waals surface area contributed by atoms with Crippen LogP contribution in [0.4, 0.5) is 0 Å². The third kappa shape index (κ3) is 4.20. The normalized spacial score (nSPS) is 18.2. The van der Waals surface area contributed by atoms with Crippen molar-refractivity contribution >= 4 is 5.91 Å². The van der Waals surface area contributed by atoms with Crippen molar-refractivity contribution in [1.29, 1.82) is 0 Å². The Bertz CT molecular complexity index is 667. The maximum absolute atomic E-state index is 12.4. The SMILES string of the molecule is CC(C)c1n[nH]c(CNC(=O)[C@H]2CCN(Cc3ccccc3)C2)n1. The van der Waals surface area contributed by atoms with Crippen LogP contribution < -0.4 is 5.32 Å². The number of carbonyl (C=O) groups is 1. The van der Waals surface area contributed by atoms with Crippen LogP contribution in [0, 0.1) is 5.92 Å². The molecule has 2 aromatic rings. The van der Waals surface area contributed by atoms with E-state index in [1.54, 1.807) is 0 Å². The van der Waals surface area contributed by atoms with Crippen molar-refractivity contribution in [3.8, 4) is 0 Å². The van der Waals surface area contributed by atoms with Crippen LogP contribution in [0.15, 0.2) is 30.3 Å². The molecule has 6 nitrogen and oxygen atoms in total. The van der Waals surface area contributed by atoms with E-state index in [9.17, 15) is 4.79 Å². The van der Waals surface area contributed by atoms with Crippen LogP contribution in [0.3, 0.4) is 0 Å². The molecular formula is C18H25N5O. The van der Waals surface area contributed by atoms with Gasteiger partial charge in [-0.25, -0.2) is 4.98 Å². The fourth-order valence-corrected chi connectivity index (χ4v) is 2.99. The van der Waals surface area contributed by atoms with Crippen molar-refractivity contribution in [2.45, 2.75) is 39.3 Å². The summed E-state index contributed by atoms with van der Waals surface area (Å²) in [5.41, 5.74) is 1.29. The second-order valence-electron chi connectivity index (χ2n) is 6.72. The van der Waals surface area contributed by atoms with Gasteiger partial charge in [0.1, 0.15) is 5.82 Å². The molecule has 1 aliphatic rings. The molecule has 1 amide bonds. The van der Waals surface area contributed by atoms with Crippen molar-refractivity contribution in [3.63, 3.8) is 0 Å². The summed E-state index contributed by atoms with van der Waals surface area (Å²) in [6, 6.07) is 10.4. The molecule has 0 saturated carbocycles. The minimum absolute atomic E-state index is 0.0567. The van der Waals surface area contributed by atoms with Crippen LogP contribution >= 0.6 is 0 Å². The zero-order chi connectivity index (χ0) is 16.9. The Morgan fingerprint density at radius 3 is 2.88 bits per heavy atom. The Kier molecular flexibility index (Phi) is 5.25. The highest BCUT2D eigenvalue weighted by Crippen LogP contribution is 2.19. The highest BCUT2D eigenvalue weighted by atomic mass is 16.1. The summed E-state index contributed by atoms with van der Waals surface area (Å²) in [5, 5.41) is 10.0. The van der Waals surface area contributed by atoms with Gasteiger partial charge in [-0.15, -0.1) is 0 Å². The van der Waals surface area contributed by atoms with Gasteiger partial charge in [0.25, 0.3) is 0 Å². The first kappa shape index (κ1) is 16.6. The van der Waals surface area contributed by atoms with Crippen molar-refractivity contribution < 1.29 is 4.79 Å². The molecule has 2 N–H and O–H groups in total. The molecule has 1 aromatic carbocycles. The lowest BCUT2D eigenvalue weighted by Crippen LogP contribution is -2.32. The Hall–Kier alpha value is -2.21. The molecule has 1 aliphatic heterocycles. The third-order valence-corrected chi connectivity index (χ3v) is 4.39. The summed E-state index contributed by atoms with van der Waals surface area (Å²) in [6.45, 7) is 7.19. The average Bonchev–Trinajstić information content (AvgIpc) is 3.23. The van der Waals surface area contributed by atoms with Gasteiger partial charge in [-0.1, -0.05) is 44.2 Å². The highest BCUT2D eigenvalue weighted by molar-refractivity contribution is 5.79. The lowest BCUT2D eigenvalue weighted by molar-refractivity contribution is -0.124. The van der Waals surface area contributed by atoms with Crippen LogP contribution in [0.1, 0.15) is 43.4 Å². The molecule has 0 aliphatic carbocycles. The largest absolute Gasteiger partial charge is 0.349 e. The highest BCUT2D eigenvalue weighted by Gasteiger charge is 2.28. The van der Waals surface area contributed by atoms with E-state index >= 15 is 0 Å². The van der Waals surface area contributed by atoms with Crippen LogP contribution in [0.2, 0.25) is 0 Å². The monoisotopic (exact) mass is 327 g/mol. The first-order valence-corrected chi connectivity index (χ1v) is 8.57. The van der Waals surface area contributed by atoms with E-state index in [0.29, 0.717) is 12.4 Å². The lowest BCUT2D eigenvalue weighted by Gasteiger charge is -2.15. The third-order valence-electron chi connectivity index (χ3n) is 4.39. The summed E-state index contributed by atoms with van der Waals surface area (Å²) < 4.78 is 0. The molecule has 24 heavy (non-hydrogen) atoms. The standard InChI is InChI=1S/C18H25N5O/c1-13(2)17-20-16(21-22-17)10-19-18(24)15-8-9-23(12-15)11-14-6-4-3-5-7-14/h3-7,13,15H,8-12H2,1-2H3,(H,19,24)(H,20,21,22)/t15-/m0/s1. The van der Waals surface area contributed by atoms with Crippen LogP contribution in [0.25, 0.3) is 0 Å². The molecule has 0 spiro atoms. The molecule has 6 heteroatoms. The molecule has 1 aromatic heterocycles. The zero-order valence-electron chi connectivity index (χ0n) is 14.3. The number of hydrogen-bond acceptors (Lipinski definition) is 4. The molecular weight excluding hydrogens is 302 g/mol. The van der Waals surface area contributed by atoms with Crippen molar-refractivity contribution in [2.24, 2.45) is 5.92 Å². The quantitative estimate of drug-likeness (QED) is 0.852. The minimum atomic E-state index is 0.0567. The minimum Gasteiger partial charge on any atom is -0.349 e. The summed E-state index contributed by atoms with van der Waals surface area (Å²) >= 11 is 0. The van der Waals surface area contributed by atoms with Gasteiger partial charge in [-0.3, -0.25) is 14.8 Å². The molecule has 3 rings (SSSR count). The number of aromatic nitrogens is 3. The molecule has 0 unspecified atom stereocenters. The van der Waals surface area contributed by atoms with Gasteiger partial charge < -0.3 is 5.32 Å². The van der Waals surface area contributed by atoms with Gasteiger partial charge >= 0.3 is 0 Å². The number of aromatic amines is 1. The molecule has 1 fully saturated rings. The van der Waals surface area contributed by atoms with E-state index in [1.165, 1.54) is 5.56 Å². The fraction of sp³-hybridized carbons (Fsp3) is 0.500. The molecule has 2 heterocycles. The maximum atomic E-state index is 12.4. The topological polar surface area (TPSA) is 73.9 Å². The number of nitrogens with zero attached hydrogens (tertiary/aromatic N) is 3. The van der Waals surface area contributed by atoms with E-state index in [1.807, 2.05) is 19.9 Å². The van der Waals surface area contributed by atoms with E-state index in [4.69, 9.17) is 0 Å². The molecule has 128 valence electrons. The van der Waals surface area contributed by atoms with Crippen LogP contribution in [0.5, 0.6) is 0 Å².